The first-order valence-electron chi connectivity index (χ1n) is 5.90. The number of hydrogen-bond donors (Lipinski definition) is 2. The number of aromatic nitrogens is 1. The van der Waals surface area contributed by atoms with Gasteiger partial charge in [0.25, 0.3) is 0 Å². The second-order valence-corrected chi connectivity index (χ2v) is 4.61. The van der Waals surface area contributed by atoms with Gasteiger partial charge in [-0.05, 0) is 36.4 Å². The van der Waals surface area contributed by atoms with Gasteiger partial charge in [0.1, 0.15) is 0 Å². The second-order valence-electron chi connectivity index (χ2n) is 4.21. The molecule has 0 saturated carbocycles. The normalized spacial score (nSPS) is 10.6. The number of benzene rings is 2. The Morgan fingerprint density at radius 1 is 0.947 bits per heavy atom. The van der Waals surface area contributed by atoms with Crippen LogP contribution in [0.5, 0.6) is 0 Å². The first kappa shape index (κ1) is 11.8. The number of halogens is 1. The molecule has 4 heteroatoms. The summed E-state index contributed by atoms with van der Waals surface area (Å²) >= 11 is 6.15. The predicted octanol–water partition coefficient (Wildman–Crippen LogP) is 4.21. The SMILES string of the molecule is Nc1ccc(Nc2ccccc2Cl)c2ncccc12. The van der Waals surface area contributed by atoms with Gasteiger partial charge >= 0.3 is 0 Å². The van der Waals surface area contributed by atoms with Gasteiger partial charge in [-0.25, -0.2) is 0 Å². The summed E-state index contributed by atoms with van der Waals surface area (Å²) in [6, 6.07) is 15.2. The monoisotopic (exact) mass is 269 g/mol. The van der Waals surface area contributed by atoms with Crippen LogP contribution >= 0.6 is 11.6 Å². The van der Waals surface area contributed by atoms with Crippen molar-refractivity contribution in [3.63, 3.8) is 0 Å². The molecule has 0 unspecified atom stereocenters. The van der Waals surface area contributed by atoms with Gasteiger partial charge in [-0.2, -0.15) is 0 Å². The minimum absolute atomic E-state index is 0.670. The van der Waals surface area contributed by atoms with E-state index in [2.05, 4.69) is 10.3 Å². The molecule has 1 heterocycles. The van der Waals surface area contributed by atoms with Crippen molar-refractivity contribution >= 4 is 39.6 Å². The van der Waals surface area contributed by atoms with Gasteiger partial charge in [0, 0.05) is 17.3 Å². The average Bonchev–Trinajstić information content (AvgIpc) is 2.44. The van der Waals surface area contributed by atoms with Crippen molar-refractivity contribution in [1.29, 1.82) is 0 Å². The number of nitrogen functional groups attached to an aromatic ring is 1. The molecule has 0 amide bonds. The van der Waals surface area contributed by atoms with E-state index >= 15 is 0 Å². The fourth-order valence-corrected chi connectivity index (χ4v) is 2.19. The molecule has 1 aromatic heterocycles. The van der Waals surface area contributed by atoms with Crippen molar-refractivity contribution in [3.05, 3.63) is 59.8 Å². The molecule has 0 fully saturated rings. The number of nitrogens with two attached hydrogens (primary N) is 1. The number of hydrogen-bond acceptors (Lipinski definition) is 3. The molecule has 0 saturated heterocycles. The van der Waals surface area contributed by atoms with E-state index < -0.39 is 0 Å². The lowest BCUT2D eigenvalue weighted by atomic mass is 10.1. The summed E-state index contributed by atoms with van der Waals surface area (Å²) in [6.45, 7) is 0. The summed E-state index contributed by atoms with van der Waals surface area (Å²) in [7, 11) is 0. The lowest BCUT2D eigenvalue weighted by molar-refractivity contribution is 1.40. The quantitative estimate of drug-likeness (QED) is 0.685. The highest BCUT2D eigenvalue weighted by Gasteiger charge is 2.06. The van der Waals surface area contributed by atoms with Crippen LogP contribution in [0.25, 0.3) is 10.9 Å². The van der Waals surface area contributed by atoms with Crippen LogP contribution in [0.3, 0.4) is 0 Å². The zero-order valence-electron chi connectivity index (χ0n) is 10.1. The third kappa shape index (κ3) is 2.20. The molecular weight excluding hydrogens is 258 g/mol. The standard InChI is InChI=1S/C15H12ClN3/c16-11-5-1-2-6-13(11)19-14-8-7-12(17)10-4-3-9-18-15(10)14/h1-9,19H,17H2. The highest BCUT2D eigenvalue weighted by atomic mass is 35.5. The van der Waals surface area contributed by atoms with Gasteiger partial charge in [-0.15, -0.1) is 0 Å². The molecule has 3 aromatic rings. The van der Waals surface area contributed by atoms with Crippen LogP contribution in [0.2, 0.25) is 5.02 Å². The maximum absolute atomic E-state index is 6.15. The molecule has 0 bridgehead atoms. The molecule has 0 atom stereocenters. The fourth-order valence-electron chi connectivity index (χ4n) is 2.00. The van der Waals surface area contributed by atoms with E-state index in [0.29, 0.717) is 10.7 Å². The minimum Gasteiger partial charge on any atom is -0.398 e. The van der Waals surface area contributed by atoms with E-state index in [1.165, 1.54) is 0 Å². The fraction of sp³-hybridized carbons (Fsp3) is 0. The van der Waals surface area contributed by atoms with Gasteiger partial charge in [0.15, 0.2) is 0 Å². The molecule has 0 spiro atoms. The van der Waals surface area contributed by atoms with Crippen molar-refractivity contribution in [1.82, 2.24) is 4.98 Å². The van der Waals surface area contributed by atoms with E-state index in [9.17, 15) is 0 Å². The number of pyridine rings is 1. The minimum atomic E-state index is 0.670. The van der Waals surface area contributed by atoms with Gasteiger partial charge in [0.2, 0.25) is 0 Å². The lowest BCUT2D eigenvalue weighted by Gasteiger charge is -2.11. The van der Waals surface area contributed by atoms with Crippen molar-refractivity contribution in [3.8, 4) is 0 Å². The molecule has 0 radical (unpaired) electrons. The Labute approximate surface area is 116 Å². The molecule has 0 aliphatic heterocycles. The van der Waals surface area contributed by atoms with Crippen LogP contribution in [0.15, 0.2) is 54.7 Å². The number of fused-ring (bicyclic) bond motifs is 1. The second kappa shape index (κ2) is 4.78. The number of rotatable bonds is 2. The summed E-state index contributed by atoms with van der Waals surface area (Å²) in [5.41, 5.74) is 9.24. The third-order valence-electron chi connectivity index (χ3n) is 2.95. The van der Waals surface area contributed by atoms with Gasteiger partial charge < -0.3 is 11.1 Å². The summed E-state index contributed by atoms with van der Waals surface area (Å²) in [5.74, 6) is 0. The number of nitrogens with one attached hydrogen (secondary N) is 1. The Bertz CT molecular complexity index is 740. The summed E-state index contributed by atoms with van der Waals surface area (Å²) in [5, 5.41) is 4.89. The van der Waals surface area contributed by atoms with Crippen molar-refractivity contribution in [2.45, 2.75) is 0 Å². The largest absolute Gasteiger partial charge is 0.398 e. The smallest absolute Gasteiger partial charge is 0.0957 e. The van der Waals surface area contributed by atoms with Gasteiger partial charge in [-0.3, -0.25) is 4.98 Å². The number of anilines is 3. The molecule has 0 aliphatic rings. The molecule has 3 N–H and O–H groups in total. The topological polar surface area (TPSA) is 50.9 Å². The number of nitrogens with zero attached hydrogens (tertiary/aromatic N) is 1. The molecular formula is C15H12ClN3. The van der Waals surface area contributed by atoms with Gasteiger partial charge in [-0.1, -0.05) is 23.7 Å². The van der Waals surface area contributed by atoms with E-state index in [-0.39, 0.29) is 0 Å². The zero-order chi connectivity index (χ0) is 13.2. The van der Waals surface area contributed by atoms with Crippen LogP contribution in [-0.4, -0.2) is 4.98 Å². The van der Waals surface area contributed by atoms with Crippen molar-refractivity contribution in [2.75, 3.05) is 11.1 Å². The van der Waals surface area contributed by atoms with E-state index in [4.69, 9.17) is 17.3 Å². The molecule has 19 heavy (non-hydrogen) atoms. The summed E-state index contributed by atoms with van der Waals surface area (Å²) < 4.78 is 0. The zero-order valence-corrected chi connectivity index (χ0v) is 10.9. The van der Waals surface area contributed by atoms with Crippen LogP contribution in [-0.2, 0) is 0 Å². The summed E-state index contributed by atoms with van der Waals surface area (Å²) in [4.78, 5) is 4.38. The van der Waals surface area contributed by atoms with E-state index in [1.807, 2.05) is 48.5 Å². The first-order chi connectivity index (χ1) is 9.25. The average molecular weight is 270 g/mol. The van der Waals surface area contributed by atoms with Crippen molar-refractivity contribution in [2.24, 2.45) is 0 Å². The van der Waals surface area contributed by atoms with E-state index in [0.717, 1.165) is 22.3 Å². The van der Waals surface area contributed by atoms with E-state index in [1.54, 1.807) is 6.20 Å². The van der Waals surface area contributed by atoms with Crippen molar-refractivity contribution < 1.29 is 0 Å². The number of para-hydroxylation sites is 1. The maximum atomic E-state index is 6.15. The third-order valence-corrected chi connectivity index (χ3v) is 3.28. The lowest BCUT2D eigenvalue weighted by Crippen LogP contribution is -1.96. The Hall–Kier alpha value is -2.26. The predicted molar refractivity (Wildman–Crippen MR) is 80.9 cm³/mol. The molecule has 2 aromatic carbocycles. The van der Waals surface area contributed by atoms with Crippen LogP contribution in [0.1, 0.15) is 0 Å². The first-order valence-corrected chi connectivity index (χ1v) is 6.28. The molecule has 3 rings (SSSR count). The highest BCUT2D eigenvalue weighted by molar-refractivity contribution is 6.33. The van der Waals surface area contributed by atoms with Crippen LogP contribution < -0.4 is 11.1 Å². The summed E-state index contributed by atoms with van der Waals surface area (Å²) in [6.07, 6.45) is 1.75. The van der Waals surface area contributed by atoms with Crippen LogP contribution in [0.4, 0.5) is 17.1 Å². The highest BCUT2D eigenvalue weighted by Crippen LogP contribution is 2.31. The molecule has 3 nitrogen and oxygen atoms in total. The van der Waals surface area contributed by atoms with Crippen LogP contribution in [0, 0.1) is 0 Å². The Kier molecular flexibility index (Phi) is 2.97. The Morgan fingerprint density at radius 2 is 1.79 bits per heavy atom. The molecule has 94 valence electrons. The maximum Gasteiger partial charge on any atom is 0.0957 e. The molecule has 0 aliphatic carbocycles. The Balaban J connectivity index is 2.12. The Morgan fingerprint density at radius 3 is 2.63 bits per heavy atom. The van der Waals surface area contributed by atoms with Gasteiger partial charge in [0.05, 0.1) is 21.9 Å².